The first kappa shape index (κ1) is 20.8. The van der Waals surface area contributed by atoms with Crippen molar-refractivity contribution < 1.29 is 29.3 Å². The third-order valence-corrected chi connectivity index (χ3v) is 3.65. The van der Waals surface area contributed by atoms with Crippen LogP contribution in [0.2, 0.25) is 0 Å². The molecule has 0 radical (unpaired) electrons. The van der Waals surface area contributed by atoms with Crippen LogP contribution in [0.25, 0.3) is 0 Å². The minimum atomic E-state index is -0.940. The highest BCUT2D eigenvalue weighted by atomic mass is 16.6. The molecule has 0 aliphatic heterocycles. The van der Waals surface area contributed by atoms with Crippen molar-refractivity contribution in [2.24, 2.45) is 11.7 Å². The van der Waals surface area contributed by atoms with Crippen LogP contribution >= 0.6 is 0 Å². The lowest BCUT2D eigenvalue weighted by Gasteiger charge is -2.22. The Kier molecular flexibility index (Phi) is 7.70. The Morgan fingerprint density at radius 2 is 1.64 bits per heavy atom. The number of ether oxygens (including phenoxy) is 2. The SMILES string of the molecule is CC(C)CC(=O)O[C@@H](C)[C@@H](C)OC(=O)[C@@H](N)Cc1ccc(O)c(O)c1. The van der Waals surface area contributed by atoms with Crippen molar-refractivity contribution >= 4 is 11.9 Å². The van der Waals surface area contributed by atoms with E-state index in [2.05, 4.69) is 0 Å². The number of nitrogens with two attached hydrogens (primary N) is 1. The number of hydrogen-bond acceptors (Lipinski definition) is 7. The third-order valence-electron chi connectivity index (χ3n) is 3.65. The van der Waals surface area contributed by atoms with Crippen LogP contribution in [-0.4, -0.2) is 40.4 Å². The van der Waals surface area contributed by atoms with Crippen LogP contribution in [0.4, 0.5) is 0 Å². The summed E-state index contributed by atoms with van der Waals surface area (Å²) in [4.78, 5) is 23.7. The first-order chi connectivity index (χ1) is 11.6. The average Bonchev–Trinajstić information content (AvgIpc) is 2.49. The van der Waals surface area contributed by atoms with E-state index in [4.69, 9.17) is 15.2 Å². The number of carbonyl (C=O) groups excluding carboxylic acids is 2. The van der Waals surface area contributed by atoms with Gasteiger partial charge in [-0.3, -0.25) is 9.59 Å². The van der Waals surface area contributed by atoms with Gasteiger partial charge in [-0.1, -0.05) is 19.9 Å². The summed E-state index contributed by atoms with van der Waals surface area (Å²) in [6.07, 6.45) is -0.779. The summed E-state index contributed by atoms with van der Waals surface area (Å²) in [5.41, 5.74) is 6.41. The number of phenols is 2. The third kappa shape index (κ3) is 7.01. The van der Waals surface area contributed by atoms with Gasteiger partial charge in [-0.25, -0.2) is 0 Å². The quantitative estimate of drug-likeness (QED) is 0.482. The number of phenolic OH excluding ortho intramolecular Hbond substituents is 2. The second kappa shape index (κ2) is 9.27. The van der Waals surface area contributed by atoms with E-state index in [1.807, 2.05) is 13.8 Å². The Morgan fingerprint density at radius 1 is 1.04 bits per heavy atom. The molecule has 0 heterocycles. The Morgan fingerprint density at radius 3 is 2.20 bits per heavy atom. The molecular weight excluding hydrogens is 326 g/mol. The molecule has 0 fully saturated rings. The molecule has 0 aromatic heterocycles. The van der Waals surface area contributed by atoms with E-state index in [9.17, 15) is 19.8 Å². The molecule has 1 aromatic carbocycles. The van der Waals surface area contributed by atoms with Crippen LogP contribution in [0.3, 0.4) is 0 Å². The maximum absolute atomic E-state index is 12.1. The Labute approximate surface area is 147 Å². The summed E-state index contributed by atoms with van der Waals surface area (Å²) in [5, 5.41) is 18.7. The topological polar surface area (TPSA) is 119 Å². The van der Waals surface area contributed by atoms with Gasteiger partial charge in [-0.05, 0) is 43.9 Å². The molecule has 0 aliphatic carbocycles. The number of carbonyl (C=O) groups is 2. The van der Waals surface area contributed by atoms with Crippen molar-refractivity contribution in [3.8, 4) is 11.5 Å². The van der Waals surface area contributed by atoms with Gasteiger partial charge in [0.2, 0.25) is 0 Å². The van der Waals surface area contributed by atoms with Gasteiger partial charge in [0.1, 0.15) is 18.2 Å². The van der Waals surface area contributed by atoms with Crippen molar-refractivity contribution in [1.29, 1.82) is 0 Å². The van der Waals surface area contributed by atoms with Crippen LogP contribution in [0, 0.1) is 5.92 Å². The Bertz CT molecular complexity index is 601. The molecule has 0 unspecified atom stereocenters. The van der Waals surface area contributed by atoms with E-state index >= 15 is 0 Å². The molecule has 4 N–H and O–H groups in total. The van der Waals surface area contributed by atoms with Crippen LogP contribution in [0.1, 0.15) is 39.7 Å². The molecule has 0 bridgehead atoms. The predicted octanol–water partition coefficient (Wildman–Crippen LogP) is 1.88. The van der Waals surface area contributed by atoms with Crippen LogP contribution in [0.5, 0.6) is 11.5 Å². The lowest BCUT2D eigenvalue weighted by molar-refractivity contribution is -0.166. The fourth-order valence-electron chi connectivity index (χ4n) is 2.08. The first-order valence-electron chi connectivity index (χ1n) is 8.26. The molecule has 7 nitrogen and oxygen atoms in total. The molecular formula is C18H27NO6. The number of benzene rings is 1. The summed E-state index contributed by atoms with van der Waals surface area (Å²) < 4.78 is 10.5. The van der Waals surface area contributed by atoms with Gasteiger partial charge in [0.25, 0.3) is 0 Å². The fourth-order valence-corrected chi connectivity index (χ4v) is 2.08. The number of esters is 2. The predicted molar refractivity (Wildman–Crippen MR) is 92.0 cm³/mol. The zero-order valence-electron chi connectivity index (χ0n) is 15.1. The molecule has 0 aliphatic rings. The molecule has 0 saturated heterocycles. The van der Waals surface area contributed by atoms with Crippen LogP contribution in [-0.2, 0) is 25.5 Å². The highest BCUT2D eigenvalue weighted by molar-refractivity contribution is 5.76. The van der Waals surface area contributed by atoms with E-state index in [0.29, 0.717) is 12.0 Å². The molecule has 7 heteroatoms. The lowest BCUT2D eigenvalue weighted by Crippen LogP contribution is -2.39. The van der Waals surface area contributed by atoms with E-state index in [-0.39, 0.29) is 29.8 Å². The molecule has 1 aromatic rings. The fraction of sp³-hybridized carbons (Fsp3) is 0.556. The Balaban J connectivity index is 2.52. The zero-order chi connectivity index (χ0) is 19.1. The number of rotatable bonds is 8. The highest BCUT2D eigenvalue weighted by Crippen LogP contribution is 2.25. The number of hydrogen-bond donors (Lipinski definition) is 3. The first-order valence-corrected chi connectivity index (χ1v) is 8.26. The monoisotopic (exact) mass is 353 g/mol. The maximum atomic E-state index is 12.1. The van der Waals surface area contributed by atoms with Gasteiger partial charge in [-0.15, -0.1) is 0 Å². The largest absolute Gasteiger partial charge is 0.504 e. The van der Waals surface area contributed by atoms with Gasteiger partial charge >= 0.3 is 11.9 Å². The second-order valence-corrected chi connectivity index (χ2v) is 6.57. The summed E-state index contributed by atoms with van der Waals surface area (Å²) in [6.45, 7) is 7.11. The molecule has 0 spiro atoms. The molecule has 140 valence electrons. The van der Waals surface area contributed by atoms with E-state index in [1.54, 1.807) is 19.9 Å². The minimum absolute atomic E-state index is 0.140. The van der Waals surface area contributed by atoms with Crippen LogP contribution in [0.15, 0.2) is 18.2 Å². The van der Waals surface area contributed by atoms with Gasteiger partial charge in [-0.2, -0.15) is 0 Å². The Hall–Kier alpha value is -2.28. The van der Waals surface area contributed by atoms with Crippen LogP contribution < -0.4 is 5.73 Å². The van der Waals surface area contributed by atoms with E-state index < -0.39 is 24.2 Å². The summed E-state index contributed by atoms with van der Waals surface area (Å²) >= 11 is 0. The smallest absolute Gasteiger partial charge is 0.323 e. The summed E-state index contributed by atoms with van der Waals surface area (Å²) in [6, 6.07) is 3.27. The second-order valence-electron chi connectivity index (χ2n) is 6.57. The van der Waals surface area contributed by atoms with Crippen molar-refractivity contribution in [2.75, 3.05) is 0 Å². The van der Waals surface area contributed by atoms with E-state index in [1.165, 1.54) is 12.1 Å². The summed E-state index contributed by atoms with van der Waals surface area (Å²) in [7, 11) is 0. The highest BCUT2D eigenvalue weighted by Gasteiger charge is 2.24. The summed E-state index contributed by atoms with van der Waals surface area (Å²) in [5.74, 6) is -1.31. The molecule has 1 rings (SSSR count). The standard InChI is InChI=1S/C18H27NO6/c1-10(2)7-17(22)24-11(3)12(4)25-18(23)14(19)8-13-5-6-15(20)16(21)9-13/h5-6,9-12,14,20-21H,7-8,19H2,1-4H3/t11-,12+,14-/m0/s1. The van der Waals surface area contributed by atoms with Crippen molar-refractivity contribution in [2.45, 2.75) is 58.8 Å². The van der Waals surface area contributed by atoms with Gasteiger partial charge < -0.3 is 25.4 Å². The van der Waals surface area contributed by atoms with Crippen molar-refractivity contribution in [1.82, 2.24) is 0 Å². The van der Waals surface area contributed by atoms with Gasteiger partial charge in [0.15, 0.2) is 11.5 Å². The maximum Gasteiger partial charge on any atom is 0.323 e. The minimum Gasteiger partial charge on any atom is -0.504 e. The van der Waals surface area contributed by atoms with Gasteiger partial charge in [0.05, 0.1) is 0 Å². The van der Waals surface area contributed by atoms with E-state index in [0.717, 1.165) is 0 Å². The van der Waals surface area contributed by atoms with Gasteiger partial charge in [0, 0.05) is 6.42 Å². The molecule has 25 heavy (non-hydrogen) atoms. The lowest BCUT2D eigenvalue weighted by atomic mass is 10.1. The average molecular weight is 353 g/mol. The zero-order valence-corrected chi connectivity index (χ0v) is 15.1. The van der Waals surface area contributed by atoms with Crippen molar-refractivity contribution in [3.63, 3.8) is 0 Å². The molecule has 0 saturated carbocycles. The molecule has 0 amide bonds. The normalized spacial score (nSPS) is 14.6. The number of aromatic hydroxyl groups is 2. The van der Waals surface area contributed by atoms with Crippen molar-refractivity contribution in [3.05, 3.63) is 23.8 Å². The molecule has 3 atom stereocenters.